The minimum absolute atomic E-state index is 0.0566. The number of rotatable bonds is 7. The van der Waals surface area contributed by atoms with Crippen molar-refractivity contribution in [3.05, 3.63) is 57.3 Å². The van der Waals surface area contributed by atoms with Crippen LogP contribution in [0, 0.1) is 6.92 Å². The van der Waals surface area contributed by atoms with Crippen molar-refractivity contribution in [1.82, 2.24) is 14.7 Å². The van der Waals surface area contributed by atoms with E-state index < -0.39 is 0 Å². The molecule has 8 heteroatoms. The average Bonchev–Trinajstić information content (AvgIpc) is 3.36. The zero-order chi connectivity index (χ0) is 24.9. The second-order valence-electron chi connectivity index (χ2n) is 9.23. The highest BCUT2D eigenvalue weighted by Gasteiger charge is 2.37. The predicted octanol–water partition coefficient (Wildman–Crippen LogP) is 3.41. The van der Waals surface area contributed by atoms with Gasteiger partial charge in [0.1, 0.15) is 0 Å². The molecule has 2 atom stereocenters. The van der Waals surface area contributed by atoms with Gasteiger partial charge in [-0.1, -0.05) is 24.3 Å². The van der Waals surface area contributed by atoms with Crippen LogP contribution in [-0.4, -0.2) is 77.9 Å². The van der Waals surface area contributed by atoms with Gasteiger partial charge < -0.3 is 14.5 Å². The number of ether oxygens (including phenoxy) is 1. The lowest BCUT2D eigenvalue weighted by Crippen LogP contribution is -2.56. The SMILES string of the molecule is CCOC(=O)CCC(=O)N1CCN(C(=O)[C@H](C)N2CCc3sccc3[C@@H]2c2ccccc2C)CC1. The van der Waals surface area contributed by atoms with Crippen molar-refractivity contribution < 1.29 is 19.1 Å². The second-order valence-corrected chi connectivity index (χ2v) is 10.2. The Hall–Kier alpha value is -2.71. The number of aryl methyl sites for hydroxylation is 1. The van der Waals surface area contributed by atoms with Crippen LogP contribution in [-0.2, 0) is 25.5 Å². The van der Waals surface area contributed by atoms with E-state index in [-0.39, 0.29) is 42.7 Å². The molecule has 0 N–H and O–H groups in total. The topological polar surface area (TPSA) is 70.2 Å². The van der Waals surface area contributed by atoms with E-state index >= 15 is 0 Å². The van der Waals surface area contributed by atoms with Gasteiger partial charge in [0.15, 0.2) is 0 Å². The van der Waals surface area contributed by atoms with E-state index in [1.807, 2.05) is 11.8 Å². The molecular formula is C27H35N3O4S. The molecule has 0 spiro atoms. The Morgan fingerprint density at radius 3 is 2.43 bits per heavy atom. The van der Waals surface area contributed by atoms with Crippen molar-refractivity contribution in [2.45, 2.75) is 52.1 Å². The molecule has 0 bridgehead atoms. The van der Waals surface area contributed by atoms with E-state index in [2.05, 4.69) is 47.5 Å². The van der Waals surface area contributed by atoms with Gasteiger partial charge in [-0.05, 0) is 55.3 Å². The second kappa shape index (κ2) is 11.4. The van der Waals surface area contributed by atoms with Gasteiger partial charge in [0.05, 0.1) is 25.1 Å². The summed E-state index contributed by atoms with van der Waals surface area (Å²) in [4.78, 5) is 45.0. The van der Waals surface area contributed by atoms with Crippen LogP contribution >= 0.6 is 11.3 Å². The summed E-state index contributed by atoms with van der Waals surface area (Å²) in [7, 11) is 0. The average molecular weight is 498 g/mol. The number of benzene rings is 1. The van der Waals surface area contributed by atoms with Crippen molar-refractivity contribution in [2.75, 3.05) is 39.3 Å². The molecule has 7 nitrogen and oxygen atoms in total. The normalized spacial score (nSPS) is 19.2. The zero-order valence-electron chi connectivity index (χ0n) is 20.9. The molecule has 2 amide bonds. The van der Waals surface area contributed by atoms with Crippen molar-refractivity contribution >= 4 is 29.1 Å². The van der Waals surface area contributed by atoms with Crippen LogP contribution in [0.5, 0.6) is 0 Å². The molecule has 35 heavy (non-hydrogen) atoms. The summed E-state index contributed by atoms with van der Waals surface area (Å²) in [6, 6.07) is 10.5. The number of carbonyl (C=O) groups excluding carboxylic acids is 3. The van der Waals surface area contributed by atoms with Crippen molar-refractivity contribution in [3.8, 4) is 0 Å². The molecule has 2 aliphatic heterocycles. The Morgan fingerprint density at radius 1 is 1.00 bits per heavy atom. The first-order valence-electron chi connectivity index (χ1n) is 12.5. The van der Waals surface area contributed by atoms with Gasteiger partial charge in [0.25, 0.3) is 0 Å². The molecule has 0 saturated carbocycles. The molecule has 0 aliphatic carbocycles. The minimum Gasteiger partial charge on any atom is -0.466 e. The third kappa shape index (κ3) is 5.59. The number of hydrogen-bond acceptors (Lipinski definition) is 6. The quantitative estimate of drug-likeness (QED) is 0.549. The van der Waals surface area contributed by atoms with Gasteiger partial charge in [-0.3, -0.25) is 19.3 Å². The molecule has 1 aromatic heterocycles. The van der Waals surface area contributed by atoms with Crippen LogP contribution in [0.4, 0.5) is 0 Å². The summed E-state index contributed by atoms with van der Waals surface area (Å²) in [5.74, 6) is -0.290. The van der Waals surface area contributed by atoms with Crippen LogP contribution < -0.4 is 0 Å². The molecular weight excluding hydrogens is 462 g/mol. The lowest BCUT2D eigenvalue weighted by atomic mass is 9.89. The zero-order valence-corrected chi connectivity index (χ0v) is 21.7. The fraction of sp³-hybridized carbons (Fsp3) is 0.519. The summed E-state index contributed by atoms with van der Waals surface area (Å²) in [6.45, 7) is 9.09. The van der Waals surface area contributed by atoms with Gasteiger partial charge in [-0.15, -0.1) is 11.3 Å². The van der Waals surface area contributed by atoms with Gasteiger partial charge >= 0.3 is 5.97 Å². The molecule has 4 rings (SSSR count). The molecule has 2 aromatic rings. The number of amides is 2. The van der Waals surface area contributed by atoms with Crippen LogP contribution in [0.1, 0.15) is 54.3 Å². The van der Waals surface area contributed by atoms with E-state index in [1.54, 1.807) is 23.2 Å². The van der Waals surface area contributed by atoms with Crippen LogP contribution in [0.3, 0.4) is 0 Å². The largest absolute Gasteiger partial charge is 0.466 e. The number of hydrogen-bond donors (Lipinski definition) is 0. The first-order chi connectivity index (χ1) is 16.9. The summed E-state index contributed by atoms with van der Waals surface area (Å²) in [5, 5.41) is 2.16. The lowest BCUT2D eigenvalue weighted by Gasteiger charge is -2.43. The van der Waals surface area contributed by atoms with Gasteiger partial charge in [0, 0.05) is 44.0 Å². The van der Waals surface area contributed by atoms with Gasteiger partial charge in [0.2, 0.25) is 11.8 Å². The molecule has 2 aliphatic rings. The highest BCUT2D eigenvalue weighted by atomic mass is 32.1. The number of piperazine rings is 1. The fourth-order valence-electron chi connectivity index (χ4n) is 5.18. The van der Waals surface area contributed by atoms with E-state index in [4.69, 9.17) is 4.74 Å². The highest BCUT2D eigenvalue weighted by Crippen LogP contribution is 2.40. The number of esters is 1. The summed E-state index contributed by atoms with van der Waals surface area (Å²) in [5.41, 5.74) is 3.80. The third-order valence-electron chi connectivity index (χ3n) is 7.13. The molecule has 188 valence electrons. The van der Waals surface area contributed by atoms with Gasteiger partial charge in [-0.2, -0.15) is 0 Å². The fourth-order valence-corrected chi connectivity index (χ4v) is 6.08. The number of nitrogens with zero attached hydrogens (tertiary/aromatic N) is 3. The number of carbonyl (C=O) groups is 3. The molecule has 1 fully saturated rings. The summed E-state index contributed by atoms with van der Waals surface area (Å²) in [6.07, 6.45) is 1.20. The summed E-state index contributed by atoms with van der Waals surface area (Å²) >= 11 is 1.80. The van der Waals surface area contributed by atoms with Crippen LogP contribution in [0.25, 0.3) is 0 Å². The Balaban J connectivity index is 1.41. The van der Waals surface area contributed by atoms with E-state index in [9.17, 15) is 14.4 Å². The van der Waals surface area contributed by atoms with Crippen molar-refractivity contribution in [1.29, 1.82) is 0 Å². The Morgan fingerprint density at radius 2 is 1.71 bits per heavy atom. The summed E-state index contributed by atoms with van der Waals surface area (Å²) < 4.78 is 4.91. The standard InChI is InChI=1S/C27H35N3O4S/c1-4-34-25(32)10-9-24(31)28-14-16-29(17-15-28)27(33)20(3)30-13-11-23-22(12-18-35-23)26(30)21-8-6-5-7-19(21)2/h5-8,12,18,20,26H,4,9-11,13-17H2,1-3H3/t20-,26-/m0/s1. The van der Waals surface area contributed by atoms with Crippen molar-refractivity contribution in [3.63, 3.8) is 0 Å². The predicted molar refractivity (Wildman–Crippen MR) is 136 cm³/mol. The third-order valence-corrected chi connectivity index (χ3v) is 8.13. The van der Waals surface area contributed by atoms with Crippen LogP contribution in [0.2, 0.25) is 0 Å². The van der Waals surface area contributed by atoms with Crippen molar-refractivity contribution in [2.24, 2.45) is 0 Å². The van der Waals surface area contributed by atoms with E-state index in [0.717, 1.165) is 13.0 Å². The lowest BCUT2D eigenvalue weighted by molar-refractivity contribution is -0.147. The Bertz CT molecular complexity index is 1060. The Kier molecular flexibility index (Phi) is 8.23. The monoisotopic (exact) mass is 497 g/mol. The van der Waals surface area contributed by atoms with E-state index in [0.29, 0.717) is 32.8 Å². The molecule has 0 radical (unpaired) electrons. The molecule has 3 heterocycles. The molecule has 0 unspecified atom stereocenters. The molecule has 1 aromatic carbocycles. The number of thiophene rings is 1. The molecule has 1 saturated heterocycles. The first kappa shape index (κ1) is 25.4. The maximum absolute atomic E-state index is 13.6. The Labute approximate surface area is 211 Å². The van der Waals surface area contributed by atoms with Crippen LogP contribution in [0.15, 0.2) is 35.7 Å². The maximum atomic E-state index is 13.6. The first-order valence-corrected chi connectivity index (χ1v) is 13.4. The maximum Gasteiger partial charge on any atom is 0.306 e. The number of fused-ring (bicyclic) bond motifs is 1. The van der Waals surface area contributed by atoms with E-state index in [1.165, 1.54) is 21.6 Å². The van der Waals surface area contributed by atoms with Gasteiger partial charge in [-0.25, -0.2) is 0 Å². The minimum atomic E-state index is -0.345. The highest BCUT2D eigenvalue weighted by molar-refractivity contribution is 7.10. The smallest absolute Gasteiger partial charge is 0.306 e.